The van der Waals surface area contributed by atoms with Crippen molar-refractivity contribution in [3.63, 3.8) is 0 Å². The highest BCUT2D eigenvalue weighted by Gasteiger charge is 1.89. The summed E-state index contributed by atoms with van der Waals surface area (Å²) < 4.78 is 4.59. The Morgan fingerprint density at radius 2 is 2.38 bits per heavy atom. The van der Waals surface area contributed by atoms with E-state index in [2.05, 4.69) is 11.3 Å². The standard InChI is InChI=1S/C4H9NO2.HI/c1-3-7-4(2)5-6;/h3-4H,1,5H2,2H3;1H/p-1. The molecule has 0 aliphatic carbocycles. The van der Waals surface area contributed by atoms with Gasteiger partial charge in [0, 0.05) is 6.92 Å². The molecular weight excluding hydrogens is 221 g/mol. The first-order chi connectivity index (χ1) is 3.31. The average molecular weight is 230 g/mol. The summed E-state index contributed by atoms with van der Waals surface area (Å²) in [5.74, 6) is 0. The van der Waals surface area contributed by atoms with Crippen molar-refractivity contribution in [2.45, 2.75) is 13.2 Å². The second-order valence-corrected chi connectivity index (χ2v) is 1.14. The van der Waals surface area contributed by atoms with Crippen LogP contribution in [0.4, 0.5) is 0 Å². The van der Waals surface area contributed by atoms with Gasteiger partial charge in [0.05, 0.1) is 6.26 Å². The van der Waals surface area contributed by atoms with Gasteiger partial charge in [-0.3, -0.25) is 0 Å². The van der Waals surface area contributed by atoms with E-state index < -0.39 is 0 Å². The molecule has 8 heavy (non-hydrogen) atoms. The summed E-state index contributed by atoms with van der Waals surface area (Å²) in [5.41, 5.74) is 0.710. The highest BCUT2D eigenvalue weighted by atomic mass is 127. The van der Waals surface area contributed by atoms with E-state index in [9.17, 15) is 5.21 Å². The smallest absolute Gasteiger partial charge is 0.226 e. The molecule has 4 heteroatoms. The Labute approximate surface area is 65.7 Å². The van der Waals surface area contributed by atoms with Crippen molar-refractivity contribution < 1.29 is 34.2 Å². The van der Waals surface area contributed by atoms with E-state index in [1.165, 1.54) is 6.26 Å². The van der Waals surface area contributed by atoms with Crippen LogP contribution < -0.4 is 29.5 Å². The Bertz CT molecular complexity index is 60.0. The summed E-state index contributed by atoms with van der Waals surface area (Å²) >= 11 is 0. The highest BCUT2D eigenvalue weighted by molar-refractivity contribution is 4.47. The molecule has 0 radical (unpaired) electrons. The molecule has 0 saturated carbocycles. The van der Waals surface area contributed by atoms with Crippen LogP contribution in [-0.2, 0) is 4.74 Å². The highest BCUT2D eigenvalue weighted by Crippen LogP contribution is 1.74. The van der Waals surface area contributed by atoms with Gasteiger partial charge in [0.25, 0.3) is 0 Å². The molecule has 0 amide bonds. The number of hydroxylamine groups is 1. The fourth-order valence-electron chi connectivity index (χ4n) is 0.184. The monoisotopic (exact) mass is 230 g/mol. The van der Waals surface area contributed by atoms with E-state index >= 15 is 0 Å². The maximum Gasteiger partial charge on any atom is 0.226 e. The van der Waals surface area contributed by atoms with E-state index in [-0.39, 0.29) is 30.2 Å². The molecule has 2 N–H and O–H groups in total. The minimum Gasteiger partial charge on any atom is -1.00 e. The molecule has 0 aliphatic heterocycles. The van der Waals surface area contributed by atoms with Crippen molar-refractivity contribution in [3.05, 3.63) is 18.0 Å². The fourth-order valence-corrected chi connectivity index (χ4v) is 0.184. The Balaban J connectivity index is 0. The van der Waals surface area contributed by atoms with Crippen molar-refractivity contribution >= 4 is 0 Å². The summed E-state index contributed by atoms with van der Waals surface area (Å²) in [5, 5.41) is 9.72. The van der Waals surface area contributed by atoms with Gasteiger partial charge < -0.3 is 39.4 Å². The van der Waals surface area contributed by atoms with Crippen LogP contribution in [0.3, 0.4) is 0 Å². The van der Waals surface area contributed by atoms with Crippen LogP contribution in [0.1, 0.15) is 6.92 Å². The zero-order chi connectivity index (χ0) is 5.70. The van der Waals surface area contributed by atoms with Crippen LogP contribution in [0.25, 0.3) is 0 Å². The van der Waals surface area contributed by atoms with Gasteiger partial charge in [-0.1, -0.05) is 6.58 Å². The normalized spacial score (nSPS) is 11.2. The lowest BCUT2D eigenvalue weighted by atomic mass is 10.7. The maximum absolute atomic E-state index is 9.72. The number of hydrogen-bond donors (Lipinski definition) is 1. The molecule has 3 nitrogen and oxygen atoms in total. The lowest BCUT2D eigenvalue weighted by Gasteiger charge is -2.09. The van der Waals surface area contributed by atoms with Gasteiger partial charge in [0.2, 0.25) is 6.23 Å². The summed E-state index contributed by atoms with van der Waals surface area (Å²) in [7, 11) is 0. The molecule has 0 saturated heterocycles. The molecule has 0 aliphatic rings. The molecular formula is C4H9INO2-. The number of hydrogen-bond acceptors (Lipinski definition) is 2. The molecule has 0 heterocycles. The topological polar surface area (TPSA) is 48.9 Å². The average Bonchev–Trinajstić information content (AvgIpc) is 1.68. The second kappa shape index (κ2) is 7.19. The predicted octanol–water partition coefficient (Wildman–Crippen LogP) is -3.44. The van der Waals surface area contributed by atoms with Gasteiger partial charge in [0.1, 0.15) is 0 Å². The third-order valence-corrected chi connectivity index (χ3v) is 0.503. The Kier molecular flexibility index (Phi) is 9.93. The third kappa shape index (κ3) is 6.19. The number of nitrogens with two attached hydrogens (primary N) is 1. The van der Waals surface area contributed by atoms with Gasteiger partial charge >= 0.3 is 0 Å². The van der Waals surface area contributed by atoms with Gasteiger partial charge in [-0.2, -0.15) is 0 Å². The molecule has 0 aromatic rings. The molecule has 0 spiro atoms. The van der Waals surface area contributed by atoms with Gasteiger partial charge in [0.15, 0.2) is 0 Å². The van der Waals surface area contributed by atoms with Crippen LogP contribution in [0.2, 0.25) is 0 Å². The third-order valence-electron chi connectivity index (χ3n) is 0.503. The SMILES string of the molecule is C=COC(C)[NH2+][O-].[I-]. The minimum absolute atomic E-state index is 0. The molecule has 0 bridgehead atoms. The van der Waals surface area contributed by atoms with Crippen molar-refractivity contribution in [1.29, 1.82) is 0 Å². The van der Waals surface area contributed by atoms with E-state index in [0.29, 0.717) is 5.48 Å². The fraction of sp³-hybridized carbons (Fsp3) is 0.500. The molecule has 50 valence electrons. The molecule has 0 aromatic carbocycles. The van der Waals surface area contributed by atoms with Gasteiger partial charge in [-0.05, 0) is 0 Å². The van der Waals surface area contributed by atoms with Crippen LogP contribution >= 0.6 is 0 Å². The lowest BCUT2D eigenvalue weighted by Crippen LogP contribution is -3.00. The van der Waals surface area contributed by atoms with E-state index in [1.807, 2.05) is 0 Å². The lowest BCUT2D eigenvalue weighted by molar-refractivity contribution is -0.662. The van der Waals surface area contributed by atoms with Crippen molar-refractivity contribution in [1.82, 2.24) is 0 Å². The first-order valence-electron chi connectivity index (χ1n) is 2.03. The number of quaternary nitrogens is 1. The summed E-state index contributed by atoms with van der Waals surface area (Å²) in [6.07, 6.45) is 0.900. The summed E-state index contributed by atoms with van der Waals surface area (Å²) in [6.45, 7) is 4.92. The van der Waals surface area contributed by atoms with Crippen LogP contribution in [0.15, 0.2) is 12.8 Å². The van der Waals surface area contributed by atoms with Gasteiger partial charge in [-0.15, -0.1) is 0 Å². The number of halogens is 1. The molecule has 0 rings (SSSR count). The van der Waals surface area contributed by atoms with Crippen molar-refractivity contribution in [3.8, 4) is 0 Å². The largest absolute Gasteiger partial charge is 1.00 e. The predicted molar refractivity (Wildman–Crippen MR) is 26.0 cm³/mol. The minimum atomic E-state index is -0.350. The first kappa shape index (κ1) is 11.0. The van der Waals surface area contributed by atoms with Crippen molar-refractivity contribution in [2.75, 3.05) is 0 Å². The van der Waals surface area contributed by atoms with Crippen LogP contribution in [0, 0.1) is 5.21 Å². The Hall–Kier alpha value is 0.190. The molecule has 1 unspecified atom stereocenters. The Morgan fingerprint density at radius 3 is 2.50 bits per heavy atom. The van der Waals surface area contributed by atoms with E-state index in [0.717, 1.165) is 0 Å². The Morgan fingerprint density at radius 1 is 1.88 bits per heavy atom. The number of rotatable bonds is 3. The first-order valence-corrected chi connectivity index (χ1v) is 2.03. The van der Waals surface area contributed by atoms with Crippen LogP contribution in [0.5, 0.6) is 0 Å². The second-order valence-electron chi connectivity index (χ2n) is 1.14. The summed E-state index contributed by atoms with van der Waals surface area (Å²) in [6, 6.07) is 0. The quantitative estimate of drug-likeness (QED) is 0.237. The zero-order valence-electron chi connectivity index (χ0n) is 4.63. The van der Waals surface area contributed by atoms with E-state index in [4.69, 9.17) is 0 Å². The molecule has 0 aromatic heterocycles. The number of ether oxygens (including phenoxy) is 1. The van der Waals surface area contributed by atoms with Crippen LogP contribution in [-0.4, -0.2) is 6.23 Å². The van der Waals surface area contributed by atoms with Gasteiger partial charge in [-0.25, -0.2) is 0 Å². The van der Waals surface area contributed by atoms with E-state index in [1.54, 1.807) is 6.92 Å². The summed E-state index contributed by atoms with van der Waals surface area (Å²) in [4.78, 5) is 0. The molecule has 1 atom stereocenters. The zero-order valence-corrected chi connectivity index (χ0v) is 6.79. The molecule has 0 fully saturated rings. The maximum atomic E-state index is 9.72. The van der Waals surface area contributed by atoms with Crippen molar-refractivity contribution in [2.24, 2.45) is 0 Å².